The zero-order valence-corrected chi connectivity index (χ0v) is 19.9. The Kier molecular flexibility index (Phi) is 7.80. The van der Waals surface area contributed by atoms with Crippen molar-refractivity contribution in [3.8, 4) is 11.5 Å². The summed E-state index contributed by atoms with van der Waals surface area (Å²) in [6, 6.07) is 5.68. The number of ether oxygens (including phenoxy) is 1. The van der Waals surface area contributed by atoms with Crippen LogP contribution in [-0.4, -0.2) is 53.5 Å². The number of amides is 1. The molecule has 8 heteroatoms. The Hall–Kier alpha value is -2.97. The highest BCUT2D eigenvalue weighted by Gasteiger charge is 2.18. The highest BCUT2D eigenvalue weighted by atomic mass is 19.1. The van der Waals surface area contributed by atoms with Crippen molar-refractivity contribution in [3.05, 3.63) is 53.6 Å². The summed E-state index contributed by atoms with van der Waals surface area (Å²) in [5, 5.41) is 3.75. The summed E-state index contributed by atoms with van der Waals surface area (Å²) < 4.78 is 20.6. The largest absolute Gasteiger partial charge is 0.453 e. The minimum Gasteiger partial charge on any atom is -0.453 e. The molecule has 0 radical (unpaired) electrons. The molecule has 2 atom stereocenters. The smallest absolute Gasteiger partial charge is 0.237 e. The SMILES string of the molecule is Cc1c[nH]c2nccc(Oc3ccc(C[C@H](N)C(=O)NCCCC4CCCN(C)C4)cc3F)c12. The van der Waals surface area contributed by atoms with E-state index in [4.69, 9.17) is 10.5 Å². The van der Waals surface area contributed by atoms with E-state index in [-0.39, 0.29) is 18.1 Å². The summed E-state index contributed by atoms with van der Waals surface area (Å²) in [6.07, 6.45) is 8.28. The van der Waals surface area contributed by atoms with Gasteiger partial charge in [0.1, 0.15) is 11.4 Å². The molecule has 1 aliphatic rings. The second kappa shape index (κ2) is 11.0. The van der Waals surface area contributed by atoms with Crippen LogP contribution in [0.25, 0.3) is 11.0 Å². The lowest BCUT2D eigenvalue weighted by atomic mass is 9.94. The Morgan fingerprint density at radius 1 is 1.38 bits per heavy atom. The van der Waals surface area contributed by atoms with Crippen molar-refractivity contribution in [3.63, 3.8) is 0 Å². The number of nitrogens with one attached hydrogen (secondary N) is 2. The van der Waals surface area contributed by atoms with Crippen LogP contribution in [0.5, 0.6) is 11.5 Å². The van der Waals surface area contributed by atoms with Gasteiger partial charge in [-0.15, -0.1) is 0 Å². The molecule has 3 aromatic rings. The van der Waals surface area contributed by atoms with Crippen LogP contribution in [0.2, 0.25) is 0 Å². The second-order valence-electron chi connectivity index (χ2n) is 9.39. The predicted molar refractivity (Wildman–Crippen MR) is 131 cm³/mol. The summed E-state index contributed by atoms with van der Waals surface area (Å²) in [7, 11) is 2.16. The van der Waals surface area contributed by atoms with E-state index in [2.05, 4.69) is 27.2 Å². The number of aromatic nitrogens is 2. The van der Waals surface area contributed by atoms with Gasteiger partial charge in [0.05, 0.1) is 11.4 Å². The van der Waals surface area contributed by atoms with Crippen molar-refractivity contribution in [1.29, 1.82) is 0 Å². The first-order valence-electron chi connectivity index (χ1n) is 12.0. The first kappa shape index (κ1) is 24.2. The maximum atomic E-state index is 14.8. The van der Waals surface area contributed by atoms with Gasteiger partial charge < -0.3 is 25.7 Å². The number of rotatable bonds is 9. The zero-order chi connectivity index (χ0) is 24.1. The summed E-state index contributed by atoms with van der Waals surface area (Å²) in [5.41, 5.74) is 8.40. The number of H-pyrrole nitrogens is 1. The molecule has 4 N–H and O–H groups in total. The Morgan fingerprint density at radius 3 is 3.03 bits per heavy atom. The molecule has 4 rings (SSSR count). The van der Waals surface area contributed by atoms with E-state index in [1.807, 2.05) is 13.1 Å². The molecule has 1 amide bonds. The van der Waals surface area contributed by atoms with Gasteiger partial charge in [-0.25, -0.2) is 9.37 Å². The molecule has 1 saturated heterocycles. The van der Waals surface area contributed by atoms with E-state index in [1.54, 1.807) is 24.4 Å². The van der Waals surface area contributed by atoms with E-state index >= 15 is 0 Å². The molecular formula is C26H34FN5O2. The molecule has 3 heterocycles. The summed E-state index contributed by atoms with van der Waals surface area (Å²) in [5.74, 6) is 0.649. The second-order valence-corrected chi connectivity index (χ2v) is 9.39. The number of piperidine rings is 1. The van der Waals surface area contributed by atoms with Gasteiger partial charge in [0, 0.05) is 25.5 Å². The Balaban J connectivity index is 1.27. The maximum absolute atomic E-state index is 14.8. The van der Waals surface area contributed by atoms with E-state index < -0.39 is 11.9 Å². The molecular weight excluding hydrogens is 433 g/mol. The van der Waals surface area contributed by atoms with Crippen molar-refractivity contribution in [2.24, 2.45) is 11.7 Å². The van der Waals surface area contributed by atoms with Crippen LogP contribution in [0, 0.1) is 18.7 Å². The molecule has 0 aliphatic carbocycles. The zero-order valence-electron chi connectivity index (χ0n) is 19.9. The maximum Gasteiger partial charge on any atom is 0.237 e. The van der Waals surface area contributed by atoms with Crippen LogP contribution in [0.1, 0.15) is 36.8 Å². The fourth-order valence-corrected chi connectivity index (χ4v) is 4.73. The van der Waals surface area contributed by atoms with E-state index in [0.29, 0.717) is 29.4 Å². The molecule has 0 saturated carbocycles. The van der Waals surface area contributed by atoms with Crippen LogP contribution >= 0.6 is 0 Å². The van der Waals surface area contributed by atoms with E-state index in [9.17, 15) is 9.18 Å². The van der Waals surface area contributed by atoms with Crippen LogP contribution in [0.15, 0.2) is 36.7 Å². The lowest BCUT2D eigenvalue weighted by Crippen LogP contribution is -2.42. The van der Waals surface area contributed by atoms with Crippen molar-refractivity contribution in [2.75, 3.05) is 26.7 Å². The number of aryl methyl sites for hydroxylation is 1. The van der Waals surface area contributed by atoms with Crippen LogP contribution in [-0.2, 0) is 11.2 Å². The van der Waals surface area contributed by atoms with Gasteiger partial charge in [-0.2, -0.15) is 0 Å². The molecule has 2 aromatic heterocycles. The summed E-state index contributed by atoms with van der Waals surface area (Å²) in [6.45, 7) is 4.87. The molecule has 1 unspecified atom stereocenters. The van der Waals surface area contributed by atoms with Crippen molar-refractivity contribution in [1.82, 2.24) is 20.2 Å². The number of fused-ring (bicyclic) bond motifs is 1. The van der Waals surface area contributed by atoms with Crippen LogP contribution in [0.4, 0.5) is 4.39 Å². The number of benzene rings is 1. The number of nitrogens with zero attached hydrogens (tertiary/aromatic N) is 2. The molecule has 1 aliphatic heterocycles. The summed E-state index contributed by atoms with van der Waals surface area (Å²) in [4.78, 5) is 22.1. The average molecular weight is 468 g/mol. The predicted octanol–water partition coefficient (Wildman–Crippen LogP) is 3.91. The van der Waals surface area contributed by atoms with Gasteiger partial charge >= 0.3 is 0 Å². The lowest BCUT2D eigenvalue weighted by molar-refractivity contribution is -0.122. The Bertz CT molecular complexity index is 1130. The fraction of sp³-hybridized carbons (Fsp3) is 0.462. The first-order valence-corrected chi connectivity index (χ1v) is 12.0. The molecule has 0 bridgehead atoms. The van der Waals surface area contributed by atoms with Gasteiger partial charge in [-0.05, 0) is 87.9 Å². The molecule has 182 valence electrons. The van der Waals surface area contributed by atoms with Crippen molar-refractivity contribution >= 4 is 16.9 Å². The number of likely N-dealkylation sites (tertiary alicyclic amines) is 1. The standard InChI is InChI=1S/C26H34FN5O2/c1-17-15-31-25-24(17)23(9-11-29-25)34-22-8-7-19(13-20(22)27)14-21(28)26(33)30-10-3-5-18-6-4-12-32(2)16-18/h7-9,11,13,15,18,21H,3-6,10,12,14,16,28H2,1-2H3,(H,29,31)(H,30,33)/t18?,21-/m0/s1. The van der Waals surface area contributed by atoms with E-state index in [1.165, 1.54) is 25.5 Å². The quantitative estimate of drug-likeness (QED) is 0.415. The third-order valence-electron chi connectivity index (χ3n) is 6.55. The van der Waals surface area contributed by atoms with Gasteiger partial charge in [-0.3, -0.25) is 4.79 Å². The van der Waals surface area contributed by atoms with Crippen molar-refractivity contribution in [2.45, 2.75) is 45.1 Å². The van der Waals surface area contributed by atoms with Gasteiger partial charge in [0.2, 0.25) is 5.91 Å². The van der Waals surface area contributed by atoms with Crippen LogP contribution in [0.3, 0.4) is 0 Å². The number of carbonyl (C=O) groups is 1. The minimum atomic E-state index is -0.727. The number of hydrogen-bond donors (Lipinski definition) is 3. The third-order valence-corrected chi connectivity index (χ3v) is 6.55. The normalized spacial score (nSPS) is 17.6. The monoisotopic (exact) mass is 467 g/mol. The lowest BCUT2D eigenvalue weighted by Gasteiger charge is -2.29. The molecule has 34 heavy (non-hydrogen) atoms. The highest BCUT2D eigenvalue weighted by molar-refractivity contribution is 5.86. The number of pyridine rings is 1. The molecule has 0 spiro atoms. The van der Waals surface area contributed by atoms with Crippen LogP contribution < -0.4 is 15.8 Å². The summed E-state index contributed by atoms with van der Waals surface area (Å²) >= 11 is 0. The van der Waals surface area contributed by atoms with Gasteiger partial charge in [-0.1, -0.05) is 6.07 Å². The Labute approximate surface area is 199 Å². The van der Waals surface area contributed by atoms with Crippen molar-refractivity contribution < 1.29 is 13.9 Å². The topological polar surface area (TPSA) is 96.3 Å². The highest BCUT2D eigenvalue weighted by Crippen LogP contribution is 2.32. The first-order chi connectivity index (χ1) is 16.4. The number of nitrogens with two attached hydrogens (primary N) is 1. The number of hydrogen-bond acceptors (Lipinski definition) is 5. The molecule has 7 nitrogen and oxygen atoms in total. The number of halogens is 1. The van der Waals surface area contributed by atoms with Gasteiger partial charge in [0.15, 0.2) is 11.6 Å². The van der Waals surface area contributed by atoms with Gasteiger partial charge in [0.25, 0.3) is 0 Å². The molecule has 1 aromatic carbocycles. The number of aromatic amines is 1. The fourth-order valence-electron chi connectivity index (χ4n) is 4.73. The minimum absolute atomic E-state index is 0.114. The Morgan fingerprint density at radius 2 is 2.24 bits per heavy atom. The molecule has 1 fully saturated rings. The van der Waals surface area contributed by atoms with E-state index in [0.717, 1.165) is 30.3 Å². The third kappa shape index (κ3) is 5.93. The average Bonchev–Trinajstić information content (AvgIpc) is 3.20. The number of carbonyl (C=O) groups excluding carboxylic acids is 1.